The zero-order chi connectivity index (χ0) is 10.8. The molecule has 0 N–H and O–H groups in total. The van der Waals surface area contributed by atoms with Crippen LogP contribution in [0.5, 0.6) is 0 Å². The van der Waals surface area contributed by atoms with Gasteiger partial charge in [-0.05, 0) is 24.3 Å². The van der Waals surface area contributed by atoms with Gasteiger partial charge in [-0.25, -0.2) is 0 Å². The van der Waals surface area contributed by atoms with Gasteiger partial charge in [0.1, 0.15) is 4.88 Å². The first-order valence-corrected chi connectivity index (χ1v) is 6.54. The third-order valence-electron chi connectivity index (χ3n) is 2.46. The predicted molar refractivity (Wildman–Crippen MR) is 64.1 cm³/mol. The molecule has 1 amide bonds. The van der Waals surface area contributed by atoms with E-state index in [1.54, 1.807) is 11.0 Å². The first-order valence-electron chi connectivity index (χ1n) is 4.85. The average Bonchev–Trinajstić information content (AvgIpc) is 2.63. The number of halogens is 2. The lowest BCUT2D eigenvalue weighted by Crippen LogP contribution is -2.40. The average molecular weight is 264 g/mol. The van der Waals surface area contributed by atoms with Gasteiger partial charge in [0.15, 0.2) is 0 Å². The van der Waals surface area contributed by atoms with Crippen LogP contribution >= 0.6 is 34.5 Å². The summed E-state index contributed by atoms with van der Waals surface area (Å²) < 4.78 is 0. The molecule has 1 aromatic rings. The molecule has 1 unspecified atom stereocenters. The summed E-state index contributed by atoms with van der Waals surface area (Å²) in [4.78, 5) is 14.4. The molecule has 1 aliphatic rings. The van der Waals surface area contributed by atoms with Crippen LogP contribution in [0.4, 0.5) is 0 Å². The summed E-state index contributed by atoms with van der Waals surface area (Å²) in [5.41, 5.74) is 0. The fourth-order valence-electron chi connectivity index (χ4n) is 1.70. The van der Waals surface area contributed by atoms with Gasteiger partial charge >= 0.3 is 0 Å². The van der Waals surface area contributed by atoms with Gasteiger partial charge in [-0.1, -0.05) is 11.6 Å². The maximum absolute atomic E-state index is 12.0. The van der Waals surface area contributed by atoms with Crippen molar-refractivity contribution in [1.29, 1.82) is 0 Å². The third-order valence-corrected chi connectivity index (χ3v) is 4.15. The first kappa shape index (κ1) is 11.2. The highest BCUT2D eigenvalue weighted by atomic mass is 35.5. The van der Waals surface area contributed by atoms with Crippen LogP contribution in [0.3, 0.4) is 0 Å². The highest BCUT2D eigenvalue weighted by Gasteiger charge is 2.25. The lowest BCUT2D eigenvalue weighted by atomic mass is 10.1. The lowest BCUT2D eigenvalue weighted by Gasteiger charge is -2.29. The number of amides is 1. The van der Waals surface area contributed by atoms with Crippen LogP contribution in [0.15, 0.2) is 11.4 Å². The minimum Gasteiger partial charge on any atom is -0.336 e. The molecule has 2 rings (SSSR count). The molecule has 1 atom stereocenters. The van der Waals surface area contributed by atoms with E-state index in [0.717, 1.165) is 19.4 Å². The Morgan fingerprint density at radius 3 is 3.00 bits per heavy atom. The Morgan fingerprint density at radius 2 is 2.40 bits per heavy atom. The fourth-order valence-corrected chi connectivity index (χ4v) is 3.12. The van der Waals surface area contributed by atoms with Gasteiger partial charge < -0.3 is 4.90 Å². The molecule has 1 saturated heterocycles. The standard InChI is InChI=1S/C10H11Cl2NOS/c11-7-2-1-4-13(6-7)10(14)9-8(12)3-5-15-9/h3,5,7H,1-2,4,6H2. The zero-order valence-electron chi connectivity index (χ0n) is 8.08. The van der Waals surface area contributed by atoms with Crippen LogP contribution in [0, 0.1) is 0 Å². The summed E-state index contributed by atoms with van der Waals surface area (Å²) in [5.74, 6) is 0.0142. The Morgan fingerprint density at radius 1 is 1.60 bits per heavy atom. The number of likely N-dealkylation sites (tertiary alicyclic amines) is 1. The number of hydrogen-bond acceptors (Lipinski definition) is 2. The number of alkyl halides is 1. The number of thiophene rings is 1. The normalized spacial score (nSPS) is 21.7. The van der Waals surface area contributed by atoms with E-state index in [2.05, 4.69) is 0 Å². The topological polar surface area (TPSA) is 20.3 Å². The second-order valence-corrected chi connectivity index (χ2v) is 5.53. The van der Waals surface area contributed by atoms with Crippen molar-refractivity contribution < 1.29 is 4.79 Å². The number of piperidine rings is 1. The molecule has 5 heteroatoms. The van der Waals surface area contributed by atoms with Gasteiger partial charge in [0.2, 0.25) is 0 Å². The van der Waals surface area contributed by atoms with E-state index in [-0.39, 0.29) is 11.3 Å². The van der Waals surface area contributed by atoms with Crippen LogP contribution in [0.25, 0.3) is 0 Å². The van der Waals surface area contributed by atoms with Crippen molar-refractivity contribution in [3.05, 3.63) is 21.3 Å². The molecule has 15 heavy (non-hydrogen) atoms. The minimum atomic E-state index is 0.0142. The molecule has 82 valence electrons. The summed E-state index contributed by atoms with van der Waals surface area (Å²) >= 11 is 13.3. The van der Waals surface area contributed by atoms with Crippen molar-refractivity contribution in [3.63, 3.8) is 0 Å². The van der Waals surface area contributed by atoms with Crippen LogP contribution in [0.2, 0.25) is 5.02 Å². The molecule has 0 saturated carbocycles. The molecule has 1 aromatic heterocycles. The number of nitrogens with zero attached hydrogens (tertiary/aromatic N) is 1. The second kappa shape index (κ2) is 4.73. The van der Waals surface area contributed by atoms with Crippen molar-refractivity contribution in [2.24, 2.45) is 0 Å². The predicted octanol–water partition coefficient (Wildman–Crippen LogP) is 3.24. The highest BCUT2D eigenvalue weighted by Crippen LogP contribution is 2.25. The SMILES string of the molecule is O=C(c1sccc1Cl)N1CCCC(Cl)C1. The van der Waals surface area contributed by atoms with E-state index in [1.165, 1.54) is 11.3 Å². The van der Waals surface area contributed by atoms with E-state index >= 15 is 0 Å². The van der Waals surface area contributed by atoms with Gasteiger partial charge in [-0.3, -0.25) is 4.79 Å². The lowest BCUT2D eigenvalue weighted by molar-refractivity contribution is 0.0732. The van der Waals surface area contributed by atoms with Crippen molar-refractivity contribution in [2.45, 2.75) is 18.2 Å². The van der Waals surface area contributed by atoms with E-state index in [1.807, 2.05) is 5.38 Å². The van der Waals surface area contributed by atoms with Gasteiger partial charge in [0, 0.05) is 13.1 Å². The Kier molecular flexibility index (Phi) is 3.54. The monoisotopic (exact) mass is 263 g/mol. The summed E-state index contributed by atoms with van der Waals surface area (Å²) in [6.45, 7) is 1.42. The van der Waals surface area contributed by atoms with E-state index in [0.29, 0.717) is 16.4 Å². The van der Waals surface area contributed by atoms with Crippen LogP contribution in [0.1, 0.15) is 22.5 Å². The molecular formula is C10H11Cl2NOS. The number of hydrogen-bond donors (Lipinski definition) is 0. The van der Waals surface area contributed by atoms with Crippen molar-refractivity contribution >= 4 is 40.4 Å². The highest BCUT2D eigenvalue weighted by molar-refractivity contribution is 7.12. The van der Waals surface area contributed by atoms with Gasteiger partial charge in [0.25, 0.3) is 5.91 Å². The number of carbonyl (C=O) groups excluding carboxylic acids is 1. The summed E-state index contributed by atoms with van der Waals surface area (Å²) in [6, 6.07) is 1.75. The van der Waals surface area contributed by atoms with Gasteiger partial charge in [-0.2, -0.15) is 0 Å². The zero-order valence-corrected chi connectivity index (χ0v) is 10.4. The largest absolute Gasteiger partial charge is 0.336 e. The number of carbonyl (C=O) groups is 1. The molecule has 0 radical (unpaired) electrons. The Labute approximate surface area is 103 Å². The molecule has 1 aliphatic heterocycles. The molecule has 0 aliphatic carbocycles. The fraction of sp³-hybridized carbons (Fsp3) is 0.500. The molecular weight excluding hydrogens is 253 g/mol. The Hall–Kier alpha value is -0.250. The number of rotatable bonds is 1. The van der Waals surface area contributed by atoms with E-state index < -0.39 is 0 Å². The summed E-state index contributed by atoms with van der Waals surface area (Å²) in [7, 11) is 0. The molecule has 2 heterocycles. The molecule has 0 spiro atoms. The minimum absolute atomic E-state index is 0.0142. The van der Waals surface area contributed by atoms with Crippen molar-refractivity contribution in [2.75, 3.05) is 13.1 Å². The molecule has 2 nitrogen and oxygen atoms in total. The van der Waals surface area contributed by atoms with Crippen molar-refractivity contribution in [1.82, 2.24) is 4.90 Å². The first-order chi connectivity index (χ1) is 7.18. The third kappa shape index (κ3) is 2.47. The molecule has 0 aromatic carbocycles. The quantitative estimate of drug-likeness (QED) is 0.713. The van der Waals surface area contributed by atoms with E-state index in [9.17, 15) is 4.79 Å². The van der Waals surface area contributed by atoms with E-state index in [4.69, 9.17) is 23.2 Å². The van der Waals surface area contributed by atoms with Crippen LogP contribution < -0.4 is 0 Å². The second-order valence-electron chi connectivity index (χ2n) is 3.59. The Balaban J connectivity index is 2.11. The molecule has 1 fully saturated rings. The Bertz CT molecular complexity index is 366. The maximum Gasteiger partial charge on any atom is 0.265 e. The maximum atomic E-state index is 12.0. The van der Waals surface area contributed by atoms with Crippen molar-refractivity contribution in [3.8, 4) is 0 Å². The van der Waals surface area contributed by atoms with Crippen LogP contribution in [-0.4, -0.2) is 29.3 Å². The molecule has 0 bridgehead atoms. The summed E-state index contributed by atoms with van der Waals surface area (Å²) in [5, 5.41) is 2.46. The summed E-state index contributed by atoms with van der Waals surface area (Å²) in [6.07, 6.45) is 1.96. The smallest absolute Gasteiger partial charge is 0.265 e. The van der Waals surface area contributed by atoms with Crippen LogP contribution in [-0.2, 0) is 0 Å². The van der Waals surface area contributed by atoms with Gasteiger partial charge in [-0.15, -0.1) is 22.9 Å². The van der Waals surface area contributed by atoms with Gasteiger partial charge in [0.05, 0.1) is 10.4 Å².